The monoisotopic (exact) mass is 399 g/mol. The fraction of sp³-hybridized carbons (Fsp3) is 0.316. The van der Waals surface area contributed by atoms with Crippen molar-refractivity contribution in [3.63, 3.8) is 0 Å². The van der Waals surface area contributed by atoms with Gasteiger partial charge in [-0.25, -0.2) is 4.79 Å². The highest BCUT2D eigenvalue weighted by atomic mass is 16.5. The van der Waals surface area contributed by atoms with E-state index < -0.39 is 5.69 Å². The summed E-state index contributed by atoms with van der Waals surface area (Å²) in [6, 6.07) is 6.87. The first-order valence-corrected chi connectivity index (χ1v) is 9.02. The van der Waals surface area contributed by atoms with Gasteiger partial charge in [-0.1, -0.05) is 31.2 Å². The van der Waals surface area contributed by atoms with Gasteiger partial charge in [0.2, 0.25) is 5.91 Å². The number of carbonyl (C=O) groups excluding carboxylic acids is 2. The van der Waals surface area contributed by atoms with Crippen LogP contribution >= 0.6 is 0 Å². The van der Waals surface area contributed by atoms with Crippen molar-refractivity contribution in [2.75, 3.05) is 25.6 Å². The Bertz CT molecular complexity index is 1070. The van der Waals surface area contributed by atoms with E-state index in [-0.39, 0.29) is 37.3 Å². The second kappa shape index (κ2) is 9.11. The lowest BCUT2D eigenvalue weighted by Gasteiger charge is -2.09. The minimum atomic E-state index is -0.408. The lowest BCUT2D eigenvalue weighted by atomic mass is 10.1. The summed E-state index contributed by atoms with van der Waals surface area (Å²) in [5.41, 5.74) is 1.54. The maximum Gasteiger partial charge on any atom is 0.328 e. The molecule has 0 aliphatic carbocycles. The number of H-pyrrole nitrogens is 1. The molecule has 0 fully saturated rings. The molecule has 0 spiro atoms. The minimum absolute atomic E-state index is 0.0185. The summed E-state index contributed by atoms with van der Waals surface area (Å²) in [5, 5.41) is 2.66. The van der Waals surface area contributed by atoms with Crippen LogP contribution in [0.1, 0.15) is 29.3 Å². The molecule has 10 nitrogen and oxygen atoms in total. The third-order valence-electron chi connectivity index (χ3n) is 4.16. The highest BCUT2D eigenvalue weighted by Crippen LogP contribution is 2.21. The molecule has 29 heavy (non-hydrogen) atoms. The fourth-order valence-corrected chi connectivity index (χ4v) is 2.63. The smallest absolute Gasteiger partial charge is 0.328 e. The summed E-state index contributed by atoms with van der Waals surface area (Å²) < 4.78 is 11.9. The summed E-state index contributed by atoms with van der Waals surface area (Å²) in [5.74, 6) is -0.0905. The van der Waals surface area contributed by atoms with Crippen LogP contribution < -0.4 is 15.7 Å². The van der Waals surface area contributed by atoms with Crippen LogP contribution in [0.2, 0.25) is 0 Å². The van der Waals surface area contributed by atoms with Crippen LogP contribution in [0.25, 0.3) is 11.2 Å². The molecule has 0 unspecified atom stereocenters. The molecule has 10 heteroatoms. The van der Waals surface area contributed by atoms with Gasteiger partial charge < -0.3 is 19.8 Å². The normalized spacial score (nSPS) is 10.8. The zero-order valence-electron chi connectivity index (χ0n) is 16.1. The number of amides is 1. The van der Waals surface area contributed by atoms with Crippen LogP contribution in [-0.2, 0) is 16.1 Å². The summed E-state index contributed by atoms with van der Waals surface area (Å²) in [7, 11) is 1.54. The van der Waals surface area contributed by atoms with E-state index >= 15 is 0 Å². The topological polar surface area (TPSA) is 128 Å². The largest absolute Gasteiger partial charge is 0.461 e. The number of nitrogens with zero attached hydrogens (tertiary/aromatic N) is 3. The van der Waals surface area contributed by atoms with Crippen LogP contribution in [0.5, 0.6) is 6.01 Å². The predicted octanol–water partition coefficient (Wildman–Crippen LogP) is 1.35. The van der Waals surface area contributed by atoms with Gasteiger partial charge in [0.15, 0.2) is 11.5 Å². The van der Waals surface area contributed by atoms with Crippen molar-refractivity contribution in [1.82, 2.24) is 19.5 Å². The number of carbonyl (C=O) groups is 2. The molecular weight excluding hydrogens is 378 g/mol. The van der Waals surface area contributed by atoms with E-state index in [1.165, 1.54) is 4.57 Å². The Hall–Kier alpha value is -3.53. The Balaban J connectivity index is 2.03. The van der Waals surface area contributed by atoms with Crippen LogP contribution in [0.4, 0.5) is 5.82 Å². The van der Waals surface area contributed by atoms with Crippen LogP contribution in [0, 0.1) is 0 Å². The molecule has 3 rings (SSSR count). The van der Waals surface area contributed by atoms with Gasteiger partial charge in [-0.3, -0.25) is 14.2 Å². The number of benzene rings is 1. The molecule has 0 aliphatic heterocycles. The number of methoxy groups -OCH3 is 1. The van der Waals surface area contributed by atoms with Gasteiger partial charge in [-0.2, -0.15) is 9.97 Å². The zero-order valence-corrected chi connectivity index (χ0v) is 16.1. The number of anilines is 1. The van der Waals surface area contributed by atoms with Gasteiger partial charge in [0.1, 0.15) is 18.4 Å². The first-order valence-electron chi connectivity index (χ1n) is 9.02. The number of aromatic amines is 1. The number of nitrogens with one attached hydrogen (secondary N) is 2. The van der Waals surface area contributed by atoms with Crippen molar-refractivity contribution in [3.8, 4) is 6.01 Å². The molecule has 2 heterocycles. The van der Waals surface area contributed by atoms with E-state index in [1.54, 1.807) is 38.3 Å². The van der Waals surface area contributed by atoms with Gasteiger partial charge in [0, 0.05) is 19.1 Å². The highest BCUT2D eigenvalue weighted by molar-refractivity contribution is 5.96. The highest BCUT2D eigenvalue weighted by Gasteiger charge is 2.18. The Morgan fingerprint density at radius 1 is 1.24 bits per heavy atom. The molecule has 2 N–H and O–H groups in total. The SMILES string of the molecule is CCC(=O)Nc1nc(OCCOC)nc2c1[nH]c(=O)n2Cc1ccc(C=O)cc1. The Morgan fingerprint density at radius 3 is 2.66 bits per heavy atom. The van der Waals surface area contributed by atoms with Gasteiger partial charge >= 0.3 is 11.7 Å². The molecule has 1 amide bonds. The first kappa shape index (κ1) is 20.2. The van der Waals surface area contributed by atoms with Gasteiger partial charge in [-0.05, 0) is 5.56 Å². The molecule has 0 radical (unpaired) electrons. The molecule has 3 aromatic rings. The summed E-state index contributed by atoms with van der Waals surface area (Å²) in [4.78, 5) is 46.5. The van der Waals surface area contributed by atoms with Gasteiger partial charge in [0.05, 0.1) is 13.2 Å². The Labute approximate surface area is 165 Å². The van der Waals surface area contributed by atoms with Crippen LogP contribution in [0.15, 0.2) is 29.1 Å². The Kier molecular flexibility index (Phi) is 6.35. The molecule has 0 aliphatic rings. The number of fused-ring (bicyclic) bond motifs is 1. The van der Waals surface area contributed by atoms with E-state index in [1.807, 2.05) is 0 Å². The summed E-state index contributed by atoms with van der Waals surface area (Å²) in [6.45, 7) is 2.47. The summed E-state index contributed by atoms with van der Waals surface area (Å²) in [6.07, 6.45) is 1.00. The maximum absolute atomic E-state index is 12.6. The van der Waals surface area contributed by atoms with Crippen molar-refractivity contribution in [3.05, 3.63) is 45.9 Å². The van der Waals surface area contributed by atoms with E-state index in [4.69, 9.17) is 9.47 Å². The molecule has 0 saturated carbocycles. The van der Waals surface area contributed by atoms with E-state index in [2.05, 4.69) is 20.3 Å². The number of hydrogen-bond acceptors (Lipinski definition) is 7. The predicted molar refractivity (Wildman–Crippen MR) is 105 cm³/mol. The molecule has 0 atom stereocenters. The van der Waals surface area contributed by atoms with Crippen molar-refractivity contribution in [2.45, 2.75) is 19.9 Å². The molecule has 2 aromatic heterocycles. The number of imidazole rings is 1. The lowest BCUT2D eigenvalue weighted by molar-refractivity contribution is -0.115. The van der Waals surface area contributed by atoms with Gasteiger partial charge in [-0.15, -0.1) is 0 Å². The van der Waals surface area contributed by atoms with E-state index in [0.717, 1.165) is 11.8 Å². The third-order valence-corrected chi connectivity index (χ3v) is 4.16. The molecule has 0 saturated heterocycles. The zero-order chi connectivity index (χ0) is 20.8. The van der Waals surface area contributed by atoms with Crippen molar-refractivity contribution >= 4 is 29.2 Å². The molecular formula is C19H21N5O5. The standard InChI is InChI=1S/C19H21N5O5/c1-3-14(26)20-16-15-17(23-18(22-16)29-9-8-28-2)24(19(27)21-15)10-12-4-6-13(11-25)7-5-12/h4-7,11H,3,8-10H2,1-2H3,(H,21,27)(H,20,22,23,26). The first-order chi connectivity index (χ1) is 14.0. The third kappa shape index (κ3) is 4.66. The second-order valence-corrected chi connectivity index (χ2v) is 6.17. The minimum Gasteiger partial charge on any atom is -0.461 e. The maximum atomic E-state index is 12.6. The fourth-order valence-electron chi connectivity index (χ4n) is 2.63. The number of rotatable bonds is 9. The molecule has 152 valence electrons. The molecule has 0 bridgehead atoms. The van der Waals surface area contributed by atoms with Crippen LogP contribution in [-0.4, -0.2) is 52.0 Å². The Morgan fingerprint density at radius 2 is 2.00 bits per heavy atom. The van der Waals surface area contributed by atoms with Crippen molar-refractivity contribution in [1.29, 1.82) is 0 Å². The second-order valence-electron chi connectivity index (χ2n) is 6.17. The van der Waals surface area contributed by atoms with Gasteiger partial charge in [0.25, 0.3) is 0 Å². The number of aldehydes is 1. The quantitative estimate of drug-likeness (QED) is 0.410. The van der Waals surface area contributed by atoms with Crippen LogP contribution in [0.3, 0.4) is 0 Å². The number of aromatic nitrogens is 4. The molecule has 1 aromatic carbocycles. The average Bonchev–Trinajstić information content (AvgIpc) is 3.04. The van der Waals surface area contributed by atoms with E-state index in [0.29, 0.717) is 23.3 Å². The average molecular weight is 399 g/mol. The number of ether oxygens (including phenoxy) is 2. The van der Waals surface area contributed by atoms with Crippen molar-refractivity contribution < 1.29 is 19.1 Å². The van der Waals surface area contributed by atoms with E-state index in [9.17, 15) is 14.4 Å². The van der Waals surface area contributed by atoms with Crippen molar-refractivity contribution in [2.24, 2.45) is 0 Å². The number of hydrogen-bond donors (Lipinski definition) is 2. The lowest BCUT2D eigenvalue weighted by Crippen LogP contribution is -2.18. The summed E-state index contributed by atoms with van der Waals surface area (Å²) >= 11 is 0.